The molecule has 5 heteroatoms. The highest BCUT2D eigenvalue weighted by Crippen LogP contribution is 2.00. The maximum absolute atomic E-state index is 10.8. The molecular formula is C10H10N2O3. The van der Waals surface area contributed by atoms with E-state index in [0.29, 0.717) is 5.56 Å². The van der Waals surface area contributed by atoms with Gasteiger partial charge in [0.1, 0.15) is 0 Å². The van der Waals surface area contributed by atoms with Crippen LogP contribution in [0.1, 0.15) is 12.5 Å². The predicted octanol–water partition coefficient (Wildman–Crippen LogP) is -0.432. The van der Waals surface area contributed by atoms with Crippen LogP contribution in [0.25, 0.3) is 0 Å². The molecule has 0 aliphatic carbocycles. The standard InChI is InChI=1S/C10H10N2O3/c1-7(13)11-4-2-3-8-5-9(14)10(15)12-6-8/h5-6,14H,4H2,1H3,(H,11,13)(H,12,15). The lowest BCUT2D eigenvalue weighted by atomic mass is 10.3. The number of aromatic nitrogens is 1. The van der Waals surface area contributed by atoms with E-state index in [1.165, 1.54) is 19.2 Å². The summed E-state index contributed by atoms with van der Waals surface area (Å²) in [4.78, 5) is 23.6. The topological polar surface area (TPSA) is 82.2 Å². The largest absolute Gasteiger partial charge is 0.503 e. The van der Waals surface area contributed by atoms with Gasteiger partial charge in [-0.3, -0.25) is 9.59 Å². The molecule has 0 fully saturated rings. The molecule has 1 aromatic heterocycles. The third kappa shape index (κ3) is 3.56. The molecule has 0 atom stereocenters. The van der Waals surface area contributed by atoms with Crippen LogP contribution in [0.15, 0.2) is 17.1 Å². The number of aromatic hydroxyl groups is 1. The Balaban J connectivity index is 2.68. The van der Waals surface area contributed by atoms with E-state index < -0.39 is 5.56 Å². The smallest absolute Gasteiger partial charge is 0.290 e. The van der Waals surface area contributed by atoms with Gasteiger partial charge < -0.3 is 15.4 Å². The van der Waals surface area contributed by atoms with Crippen LogP contribution in [0.2, 0.25) is 0 Å². The Morgan fingerprint density at radius 3 is 3.00 bits per heavy atom. The van der Waals surface area contributed by atoms with Crippen molar-refractivity contribution < 1.29 is 9.90 Å². The average Bonchev–Trinajstić information content (AvgIpc) is 2.18. The van der Waals surface area contributed by atoms with Crippen LogP contribution in [-0.2, 0) is 4.79 Å². The van der Waals surface area contributed by atoms with Crippen LogP contribution >= 0.6 is 0 Å². The number of H-pyrrole nitrogens is 1. The van der Waals surface area contributed by atoms with E-state index in [1.807, 2.05) is 0 Å². The van der Waals surface area contributed by atoms with Crippen LogP contribution in [-0.4, -0.2) is 22.5 Å². The van der Waals surface area contributed by atoms with Crippen molar-refractivity contribution in [2.75, 3.05) is 6.54 Å². The second-order valence-corrected chi connectivity index (χ2v) is 2.81. The minimum Gasteiger partial charge on any atom is -0.503 e. The van der Waals surface area contributed by atoms with E-state index in [0.717, 1.165) is 0 Å². The molecular weight excluding hydrogens is 196 g/mol. The van der Waals surface area contributed by atoms with E-state index in [-0.39, 0.29) is 18.2 Å². The summed E-state index contributed by atoms with van der Waals surface area (Å²) in [6.07, 6.45) is 1.39. The van der Waals surface area contributed by atoms with Crippen molar-refractivity contribution in [3.8, 4) is 17.6 Å². The van der Waals surface area contributed by atoms with Gasteiger partial charge in [0.2, 0.25) is 5.91 Å². The Hall–Kier alpha value is -2.22. The van der Waals surface area contributed by atoms with Gasteiger partial charge in [-0.15, -0.1) is 0 Å². The van der Waals surface area contributed by atoms with Crippen LogP contribution in [0.5, 0.6) is 5.75 Å². The Morgan fingerprint density at radius 1 is 1.67 bits per heavy atom. The van der Waals surface area contributed by atoms with Crippen molar-refractivity contribution in [3.63, 3.8) is 0 Å². The summed E-state index contributed by atoms with van der Waals surface area (Å²) in [7, 11) is 0. The molecule has 5 nitrogen and oxygen atoms in total. The minimum absolute atomic E-state index is 0.159. The maximum atomic E-state index is 10.8. The number of aromatic amines is 1. The first-order valence-corrected chi connectivity index (χ1v) is 4.24. The van der Waals surface area contributed by atoms with Gasteiger partial charge in [0.25, 0.3) is 5.56 Å². The molecule has 1 heterocycles. The number of hydrogen-bond donors (Lipinski definition) is 3. The predicted molar refractivity (Wildman–Crippen MR) is 54.3 cm³/mol. The third-order valence-electron chi connectivity index (χ3n) is 1.54. The Morgan fingerprint density at radius 2 is 2.40 bits per heavy atom. The van der Waals surface area contributed by atoms with Crippen LogP contribution in [0.4, 0.5) is 0 Å². The number of hydrogen-bond acceptors (Lipinski definition) is 3. The molecule has 0 bridgehead atoms. The highest BCUT2D eigenvalue weighted by atomic mass is 16.3. The quantitative estimate of drug-likeness (QED) is 0.545. The van der Waals surface area contributed by atoms with E-state index in [4.69, 9.17) is 5.11 Å². The Kier molecular flexibility index (Phi) is 3.52. The summed E-state index contributed by atoms with van der Waals surface area (Å²) in [6, 6.07) is 1.26. The molecule has 15 heavy (non-hydrogen) atoms. The van der Waals surface area contributed by atoms with Crippen LogP contribution in [0, 0.1) is 11.8 Å². The summed E-state index contributed by atoms with van der Waals surface area (Å²) >= 11 is 0. The number of rotatable bonds is 1. The van der Waals surface area contributed by atoms with E-state index in [1.54, 1.807) is 0 Å². The average molecular weight is 206 g/mol. The SMILES string of the molecule is CC(=O)NCC#Cc1c[nH]c(=O)c(O)c1. The summed E-state index contributed by atoms with van der Waals surface area (Å²) in [5, 5.41) is 11.6. The first-order valence-electron chi connectivity index (χ1n) is 4.24. The Labute approximate surface area is 86.1 Å². The lowest BCUT2D eigenvalue weighted by molar-refractivity contribution is -0.118. The molecule has 1 aromatic rings. The number of carbonyl (C=O) groups is 1. The lowest BCUT2D eigenvalue weighted by Gasteiger charge is -1.93. The monoisotopic (exact) mass is 206 g/mol. The van der Waals surface area contributed by atoms with Gasteiger partial charge in [0, 0.05) is 24.8 Å². The summed E-state index contributed by atoms with van der Waals surface area (Å²) < 4.78 is 0. The van der Waals surface area contributed by atoms with Gasteiger partial charge in [-0.05, 0) is 0 Å². The first-order chi connectivity index (χ1) is 7.09. The zero-order valence-corrected chi connectivity index (χ0v) is 8.13. The zero-order valence-electron chi connectivity index (χ0n) is 8.13. The van der Waals surface area contributed by atoms with Gasteiger partial charge in [0.15, 0.2) is 5.75 Å². The molecule has 0 aliphatic rings. The molecule has 0 saturated heterocycles. The fourth-order valence-corrected chi connectivity index (χ4v) is 0.859. The number of nitrogens with one attached hydrogen (secondary N) is 2. The summed E-state index contributed by atoms with van der Waals surface area (Å²) in [5.41, 5.74) is -0.0696. The van der Waals surface area contributed by atoms with Crippen molar-refractivity contribution in [1.82, 2.24) is 10.3 Å². The molecule has 3 N–H and O–H groups in total. The number of carbonyl (C=O) groups excluding carboxylic acids is 1. The minimum atomic E-state index is -0.553. The molecule has 0 aromatic carbocycles. The molecule has 1 rings (SSSR count). The van der Waals surface area contributed by atoms with Crippen LogP contribution < -0.4 is 10.9 Å². The first kappa shape index (κ1) is 10.9. The number of amides is 1. The molecule has 78 valence electrons. The second-order valence-electron chi connectivity index (χ2n) is 2.81. The van der Waals surface area contributed by atoms with E-state index >= 15 is 0 Å². The summed E-state index contributed by atoms with van der Waals surface area (Å²) in [5.74, 6) is 4.81. The van der Waals surface area contributed by atoms with Crippen molar-refractivity contribution in [2.24, 2.45) is 0 Å². The molecule has 0 spiro atoms. The van der Waals surface area contributed by atoms with E-state index in [9.17, 15) is 9.59 Å². The van der Waals surface area contributed by atoms with Gasteiger partial charge in [-0.2, -0.15) is 0 Å². The van der Waals surface area contributed by atoms with Crippen LogP contribution in [0.3, 0.4) is 0 Å². The van der Waals surface area contributed by atoms with Crippen molar-refractivity contribution >= 4 is 5.91 Å². The fraction of sp³-hybridized carbons (Fsp3) is 0.200. The van der Waals surface area contributed by atoms with Crippen molar-refractivity contribution in [3.05, 3.63) is 28.2 Å². The normalized spacial score (nSPS) is 8.87. The third-order valence-corrected chi connectivity index (χ3v) is 1.54. The second kappa shape index (κ2) is 4.86. The highest BCUT2D eigenvalue weighted by Gasteiger charge is 1.95. The zero-order chi connectivity index (χ0) is 11.3. The summed E-state index contributed by atoms with van der Waals surface area (Å²) in [6.45, 7) is 1.63. The highest BCUT2D eigenvalue weighted by molar-refractivity contribution is 5.73. The molecule has 0 radical (unpaired) electrons. The van der Waals surface area contributed by atoms with Gasteiger partial charge in [0.05, 0.1) is 6.54 Å². The molecule has 0 aliphatic heterocycles. The van der Waals surface area contributed by atoms with E-state index in [2.05, 4.69) is 22.1 Å². The molecule has 0 unspecified atom stereocenters. The van der Waals surface area contributed by atoms with Gasteiger partial charge in [-0.25, -0.2) is 0 Å². The van der Waals surface area contributed by atoms with Crippen molar-refractivity contribution in [1.29, 1.82) is 0 Å². The Bertz CT molecular complexity index is 479. The number of pyridine rings is 1. The molecule has 0 saturated carbocycles. The van der Waals surface area contributed by atoms with Gasteiger partial charge >= 0.3 is 0 Å². The molecule has 1 amide bonds. The van der Waals surface area contributed by atoms with Crippen molar-refractivity contribution in [2.45, 2.75) is 6.92 Å². The lowest BCUT2D eigenvalue weighted by Crippen LogP contribution is -2.19. The van der Waals surface area contributed by atoms with Gasteiger partial charge in [-0.1, -0.05) is 11.8 Å². The fourth-order valence-electron chi connectivity index (χ4n) is 0.859. The maximum Gasteiger partial charge on any atom is 0.290 e.